The molecular weight excluding hydrogens is 302 g/mol. The lowest BCUT2D eigenvalue weighted by Crippen LogP contribution is -2.42. The lowest BCUT2D eigenvalue weighted by molar-refractivity contribution is -0.142. The van der Waals surface area contributed by atoms with E-state index in [1.165, 1.54) is 4.88 Å². The average molecular weight is 327 g/mol. The van der Waals surface area contributed by atoms with Gasteiger partial charge in [0.1, 0.15) is 6.04 Å². The molecule has 0 saturated heterocycles. The Bertz CT molecular complexity index is 465. The number of carboxylic acid groups (broad SMARTS) is 1. The van der Waals surface area contributed by atoms with E-state index < -0.39 is 12.0 Å². The minimum absolute atomic E-state index is 0.222. The number of hydrogen-bond acceptors (Lipinski definition) is 4. The zero-order valence-corrected chi connectivity index (χ0v) is 14.2. The van der Waals surface area contributed by atoms with Gasteiger partial charge in [0.25, 0.3) is 0 Å². The summed E-state index contributed by atoms with van der Waals surface area (Å²) >= 11 is 1.66. The summed E-state index contributed by atoms with van der Waals surface area (Å²) in [5.74, 6) is -1.25. The predicted octanol–water partition coefficient (Wildman–Crippen LogP) is 2.85. The standard InChI is InChI=1S/C16H25NO4S/c1-16(2,3)21-10-9-13(15(19)20)17-14(18)8-4-6-12-7-5-11-22-12/h5,7,11,13H,4,6,8-10H2,1-3H3,(H,17,18)(H,19,20). The van der Waals surface area contributed by atoms with Gasteiger partial charge in [0, 0.05) is 24.3 Å². The maximum Gasteiger partial charge on any atom is 0.326 e. The third-order valence-corrected chi connectivity index (χ3v) is 3.92. The Balaban J connectivity index is 2.29. The van der Waals surface area contributed by atoms with Crippen LogP contribution in [0.1, 0.15) is 44.9 Å². The number of aryl methyl sites for hydroxylation is 1. The number of carboxylic acids is 1. The molecule has 1 aromatic heterocycles. The van der Waals surface area contributed by atoms with Gasteiger partial charge in [0.2, 0.25) is 5.91 Å². The monoisotopic (exact) mass is 327 g/mol. The van der Waals surface area contributed by atoms with Crippen LogP contribution in [0.5, 0.6) is 0 Å². The molecule has 5 nitrogen and oxygen atoms in total. The van der Waals surface area contributed by atoms with Crippen molar-refractivity contribution in [2.45, 2.75) is 58.1 Å². The molecule has 1 amide bonds. The molecule has 1 aromatic rings. The van der Waals surface area contributed by atoms with Crippen molar-refractivity contribution in [1.82, 2.24) is 5.32 Å². The van der Waals surface area contributed by atoms with Crippen molar-refractivity contribution < 1.29 is 19.4 Å². The third-order valence-electron chi connectivity index (χ3n) is 2.98. The van der Waals surface area contributed by atoms with Crippen molar-refractivity contribution in [3.63, 3.8) is 0 Å². The number of hydrogen-bond donors (Lipinski definition) is 2. The number of thiophene rings is 1. The van der Waals surface area contributed by atoms with Gasteiger partial charge in [0.15, 0.2) is 0 Å². The zero-order chi connectivity index (χ0) is 16.6. The van der Waals surface area contributed by atoms with E-state index in [2.05, 4.69) is 5.32 Å². The summed E-state index contributed by atoms with van der Waals surface area (Å²) in [7, 11) is 0. The first kappa shape index (κ1) is 18.6. The molecular formula is C16H25NO4S. The lowest BCUT2D eigenvalue weighted by Gasteiger charge is -2.21. The summed E-state index contributed by atoms with van der Waals surface area (Å²) in [4.78, 5) is 24.3. The highest BCUT2D eigenvalue weighted by atomic mass is 32.1. The lowest BCUT2D eigenvalue weighted by atomic mass is 10.1. The second-order valence-corrected chi connectivity index (χ2v) is 7.17. The highest BCUT2D eigenvalue weighted by molar-refractivity contribution is 7.09. The largest absolute Gasteiger partial charge is 0.480 e. The number of carbonyl (C=O) groups is 2. The molecule has 0 aliphatic heterocycles. The Morgan fingerprint density at radius 3 is 2.68 bits per heavy atom. The van der Waals surface area contributed by atoms with Gasteiger partial charge in [-0.05, 0) is 45.1 Å². The highest BCUT2D eigenvalue weighted by Gasteiger charge is 2.20. The quantitative estimate of drug-likeness (QED) is 0.731. The molecule has 0 radical (unpaired) electrons. The van der Waals surface area contributed by atoms with E-state index in [0.29, 0.717) is 13.0 Å². The SMILES string of the molecule is CC(C)(C)OCCC(NC(=O)CCCc1cccs1)C(=O)O. The Morgan fingerprint density at radius 2 is 2.14 bits per heavy atom. The average Bonchev–Trinajstić information content (AvgIpc) is 2.89. The van der Waals surface area contributed by atoms with E-state index in [9.17, 15) is 9.59 Å². The van der Waals surface area contributed by atoms with Gasteiger partial charge in [-0.25, -0.2) is 4.79 Å². The van der Waals surface area contributed by atoms with Crippen molar-refractivity contribution in [3.05, 3.63) is 22.4 Å². The van der Waals surface area contributed by atoms with Gasteiger partial charge in [-0.15, -0.1) is 11.3 Å². The number of rotatable bonds is 9. The van der Waals surface area contributed by atoms with E-state index in [0.717, 1.165) is 12.8 Å². The van der Waals surface area contributed by atoms with Crippen LogP contribution in [-0.2, 0) is 20.7 Å². The van der Waals surface area contributed by atoms with Gasteiger partial charge < -0.3 is 15.2 Å². The van der Waals surface area contributed by atoms with Crippen LogP contribution in [0.4, 0.5) is 0 Å². The Labute approximate surface area is 135 Å². The van der Waals surface area contributed by atoms with Crippen LogP contribution in [0.25, 0.3) is 0 Å². The fraction of sp³-hybridized carbons (Fsp3) is 0.625. The van der Waals surface area contributed by atoms with Crippen molar-refractivity contribution in [2.24, 2.45) is 0 Å². The third kappa shape index (κ3) is 8.14. The minimum Gasteiger partial charge on any atom is -0.480 e. The van der Waals surface area contributed by atoms with Crippen LogP contribution < -0.4 is 5.32 Å². The number of carbonyl (C=O) groups excluding carboxylic acids is 1. The van der Waals surface area contributed by atoms with Gasteiger partial charge >= 0.3 is 5.97 Å². The molecule has 124 valence electrons. The Hall–Kier alpha value is -1.40. The second-order valence-electron chi connectivity index (χ2n) is 6.14. The molecule has 1 unspecified atom stereocenters. The first-order valence-electron chi connectivity index (χ1n) is 7.46. The summed E-state index contributed by atoms with van der Waals surface area (Å²) < 4.78 is 5.51. The molecule has 1 rings (SSSR count). The Morgan fingerprint density at radius 1 is 1.41 bits per heavy atom. The van der Waals surface area contributed by atoms with E-state index in [1.54, 1.807) is 11.3 Å². The molecule has 6 heteroatoms. The molecule has 0 aliphatic carbocycles. The zero-order valence-electron chi connectivity index (χ0n) is 13.4. The number of amides is 1. The number of aliphatic carboxylic acids is 1. The van der Waals surface area contributed by atoms with Crippen molar-refractivity contribution >= 4 is 23.2 Å². The van der Waals surface area contributed by atoms with Gasteiger partial charge in [-0.2, -0.15) is 0 Å². The van der Waals surface area contributed by atoms with Crippen LogP contribution in [-0.4, -0.2) is 35.2 Å². The van der Waals surface area contributed by atoms with Crippen LogP contribution in [0, 0.1) is 0 Å². The fourth-order valence-electron chi connectivity index (χ4n) is 1.88. The van der Waals surface area contributed by atoms with E-state index in [4.69, 9.17) is 9.84 Å². The molecule has 0 bridgehead atoms. The van der Waals surface area contributed by atoms with Gasteiger partial charge in [0.05, 0.1) is 5.60 Å². The number of nitrogens with one attached hydrogen (secondary N) is 1. The first-order chi connectivity index (χ1) is 10.3. The molecule has 0 fully saturated rings. The summed E-state index contributed by atoms with van der Waals surface area (Å²) in [6, 6.07) is 3.12. The topological polar surface area (TPSA) is 75.6 Å². The van der Waals surface area contributed by atoms with Crippen molar-refractivity contribution in [1.29, 1.82) is 0 Å². The van der Waals surface area contributed by atoms with Crippen LogP contribution in [0.3, 0.4) is 0 Å². The van der Waals surface area contributed by atoms with E-state index in [1.807, 2.05) is 38.3 Å². The van der Waals surface area contributed by atoms with Crippen LogP contribution in [0.2, 0.25) is 0 Å². The van der Waals surface area contributed by atoms with Gasteiger partial charge in [-0.3, -0.25) is 4.79 Å². The molecule has 1 atom stereocenters. The normalized spacial score (nSPS) is 12.9. The predicted molar refractivity (Wildman–Crippen MR) is 87.1 cm³/mol. The van der Waals surface area contributed by atoms with E-state index >= 15 is 0 Å². The van der Waals surface area contributed by atoms with E-state index in [-0.39, 0.29) is 17.9 Å². The molecule has 0 spiro atoms. The number of ether oxygens (including phenoxy) is 1. The van der Waals surface area contributed by atoms with Crippen molar-refractivity contribution in [2.75, 3.05) is 6.61 Å². The summed E-state index contributed by atoms with van der Waals surface area (Å²) in [6.07, 6.45) is 2.16. The maximum atomic E-state index is 11.8. The summed E-state index contributed by atoms with van der Waals surface area (Å²) in [5, 5.41) is 13.7. The molecule has 0 saturated carbocycles. The minimum atomic E-state index is -1.02. The fourth-order valence-corrected chi connectivity index (χ4v) is 2.64. The van der Waals surface area contributed by atoms with Crippen LogP contribution >= 0.6 is 11.3 Å². The molecule has 1 heterocycles. The second kappa shape index (κ2) is 8.90. The molecule has 2 N–H and O–H groups in total. The molecule has 0 aromatic carbocycles. The summed E-state index contributed by atoms with van der Waals surface area (Å²) in [5.41, 5.74) is -0.312. The molecule has 0 aliphatic rings. The maximum absolute atomic E-state index is 11.8. The summed E-state index contributed by atoms with van der Waals surface area (Å²) in [6.45, 7) is 6.03. The smallest absolute Gasteiger partial charge is 0.326 e. The van der Waals surface area contributed by atoms with Crippen molar-refractivity contribution in [3.8, 4) is 0 Å². The first-order valence-corrected chi connectivity index (χ1v) is 8.34. The highest BCUT2D eigenvalue weighted by Crippen LogP contribution is 2.12. The van der Waals surface area contributed by atoms with Gasteiger partial charge in [-0.1, -0.05) is 6.07 Å². The Kier molecular flexibility index (Phi) is 7.55. The van der Waals surface area contributed by atoms with Crippen LogP contribution in [0.15, 0.2) is 17.5 Å². The molecule has 22 heavy (non-hydrogen) atoms.